The predicted octanol–water partition coefficient (Wildman–Crippen LogP) is 1.45. The van der Waals surface area contributed by atoms with E-state index in [0.717, 1.165) is 25.7 Å². The molecular weight excluding hydrogens is 365 g/mol. The minimum Gasteiger partial charge on any atom is -0.352 e. The Balaban J connectivity index is 1.44. The number of carbonyl (C=O) groups is 3. The number of nitrogens with one attached hydrogen (secondary N) is 3. The molecule has 0 atom stereocenters. The van der Waals surface area contributed by atoms with Crippen molar-refractivity contribution in [2.24, 2.45) is 0 Å². The third-order valence-electron chi connectivity index (χ3n) is 4.47. The highest BCUT2D eigenvalue weighted by atomic mass is 19.1. The van der Waals surface area contributed by atoms with Gasteiger partial charge in [-0.1, -0.05) is 25.0 Å². The van der Waals surface area contributed by atoms with Gasteiger partial charge in [-0.2, -0.15) is 5.10 Å². The fourth-order valence-electron chi connectivity index (χ4n) is 3.11. The number of benzene rings is 1. The number of halogens is 1. The molecule has 0 unspecified atom stereocenters. The van der Waals surface area contributed by atoms with Gasteiger partial charge in [-0.15, -0.1) is 0 Å². The molecule has 3 amide bonds. The van der Waals surface area contributed by atoms with Gasteiger partial charge in [-0.25, -0.2) is 4.39 Å². The Morgan fingerprint density at radius 1 is 1.14 bits per heavy atom. The summed E-state index contributed by atoms with van der Waals surface area (Å²) in [6, 6.07) is 5.76. The normalized spacial score (nSPS) is 13.9. The summed E-state index contributed by atoms with van der Waals surface area (Å²) >= 11 is 0. The zero-order chi connectivity index (χ0) is 19.9. The number of hydrogen-bond donors (Lipinski definition) is 3. The molecule has 0 spiro atoms. The van der Waals surface area contributed by atoms with Crippen LogP contribution < -0.4 is 16.0 Å². The Bertz CT molecular complexity index is 861. The first-order valence-electron chi connectivity index (χ1n) is 9.15. The van der Waals surface area contributed by atoms with E-state index in [2.05, 4.69) is 21.0 Å². The van der Waals surface area contributed by atoms with Gasteiger partial charge >= 0.3 is 0 Å². The van der Waals surface area contributed by atoms with Crippen molar-refractivity contribution in [1.82, 2.24) is 20.4 Å². The zero-order valence-electron chi connectivity index (χ0n) is 15.3. The largest absolute Gasteiger partial charge is 0.352 e. The molecule has 0 saturated heterocycles. The SMILES string of the molecule is O=C(CNC(=O)c1ccccc1F)Nc1cnn(CC(=O)NC2CCCC2)c1. The maximum atomic E-state index is 13.5. The Kier molecular flexibility index (Phi) is 6.36. The quantitative estimate of drug-likeness (QED) is 0.669. The molecule has 9 heteroatoms. The Labute approximate surface area is 161 Å². The molecule has 8 nitrogen and oxygen atoms in total. The Morgan fingerprint density at radius 3 is 2.64 bits per heavy atom. The molecule has 1 aliphatic rings. The first kappa shape index (κ1) is 19.5. The summed E-state index contributed by atoms with van der Waals surface area (Å²) in [6.45, 7) is -0.253. The van der Waals surface area contributed by atoms with Gasteiger partial charge in [0.2, 0.25) is 11.8 Å². The summed E-state index contributed by atoms with van der Waals surface area (Å²) < 4.78 is 15.0. The molecule has 0 radical (unpaired) electrons. The molecule has 1 fully saturated rings. The maximum Gasteiger partial charge on any atom is 0.254 e. The topological polar surface area (TPSA) is 105 Å². The van der Waals surface area contributed by atoms with Crippen molar-refractivity contribution in [3.8, 4) is 0 Å². The Hall–Kier alpha value is -3.23. The maximum absolute atomic E-state index is 13.5. The van der Waals surface area contributed by atoms with E-state index >= 15 is 0 Å². The van der Waals surface area contributed by atoms with E-state index in [0.29, 0.717) is 5.69 Å². The second-order valence-corrected chi connectivity index (χ2v) is 6.69. The lowest BCUT2D eigenvalue weighted by Gasteiger charge is -2.11. The van der Waals surface area contributed by atoms with Crippen LogP contribution in [0.4, 0.5) is 10.1 Å². The van der Waals surface area contributed by atoms with Crippen molar-refractivity contribution in [3.63, 3.8) is 0 Å². The average Bonchev–Trinajstić information content (AvgIpc) is 3.32. The standard InChI is InChI=1S/C19H22FN5O3/c20-16-8-4-3-7-15(16)19(28)21-10-17(26)24-14-9-22-25(11-14)12-18(27)23-13-5-1-2-6-13/h3-4,7-9,11,13H,1-2,5-6,10,12H2,(H,21,28)(H,23,27)(H,24,26). The number of hydrogen-bond acceptors (Lipinski definition) is 4. The minimum absolute atomic E-state index is 0.0659. The smallest absolute Gasteiger partial charge is 0.254 e. The van der Waals surface area contributed by atoms with Gasteiger partial charge in [0.1, 0.15) is 12.4 Å². The molecule has 1 heterocycles. The first-order chi connectivity index (χ1) is 13.5. The lowest BCUT2D eigenvalue weighted by atomic mass is 10.2. The van der Waals surface area contributed by atoms with Crippen molar-refractivity contribution >= 4 is 23.4 Å². The highest BCUT2D eigenvalue weighted by Crippen LogP contribution is 2.17. The summed E-state index contributed by atoms with van der Waals surface area (Å²) in [5.74, 6) is -1.94. The van der Waals surface area contributed by atoms with Crippen LogP contribution in [-0.2, 0) is 16.1 Å². The van der Waals surface area contributed by atoms with E-state index in [9.17, 15) is 18.8 Å². The van der Waals surface area contributed by atoms with Crippen LogP contribution in [0.3, 0.4) is 0 Å². The summed E-state index contributed by atoms with van der Waals surface area (Å²) in [7, 11) is 0. The second-order valence-electron chi connectivity index (χ2n) is 6.69. The minimum atomic E-state index is -0.674. The molecule has 1 aromatic carbocycles. The molecular formula is C19H22FN5O3. The van der Waals surface area contributed by atoms with Crippen LogP contribution in [0.15, 0.2) is 36.7 Å². The van der Waals surface area contributed by atoms with Gasteiger partial charge < -0.3 is 16.0 Å². The van der Waals surface area contributed by atoms with Crippen molar-refractivity contribution in [1.29, 1.82) is 0 Å². The van der Waals surface area contributed by atoms with Gasteiger partial charge in [-0.3, -0.25) is 19.1 Å². The van der Waals surface area contributed by atoms with Crippen LogP contribution in [0, 0.1) is 5.82 Å². The fourth-order valence-corrected chi connectivity index (χ4v) is 3.11. The fraction of sp³-hybridized carbons (Fsp3) is 0.368. The van der Waals surface area contributed by atoms with Gasteiger partial charge in [0.25, 0.3) is 5.91 Å². The van der Waals surface area contributed by atoms with E-state index in [1.807, 2.05) is 0 Å². The summed E-state index contributed by atoms with van der Waals surface area (Å²) in [4.78, 5) is 35.9. The molecule has 1 aromatic heterocycles. The predicted molar refractivity (Wildman–Crippen MR) is 100.0 cm³/mol. The zero-order valence-corrected chi connectivity index (χ0v) is 15.3. The van der Waals surface area contributed by atoms with E-state index in [1.54, 1.807) is 0 Å². The van der Waals surface area contributed by atoms with E-state index in [1.165, 1.54) is 41.3 Å². The first-order valence-corrected chi connectivity index (χ1v) is 9.15. The van der Waals surface area contributed by atoms with E-state index in [-0.39, 0.29) is 30.6 Å². The Morgan fingerprint density at radius 2 is 1.89 bits per heavy atom. The number of aromatic nitrogens is 2. The van der Waals surface area contributed by atoms with E-state index < -0.39 is 17.6 Å². The number of rotatable bonds is 7. The molecule has 0 bridgehead atoms. The van der Waals surface area contributed by atoms with Crippen molar-refractivity contribution < 1.29 is 18.8 Å². The molecule has 0 aliphatic heterocycles. The molecule has 148 valence electrons. The van der Waals surface area contributed by atoms with Crippen LogP contribution in [0.25, 0.3) is 0 Å². The molecule has 1 aliphatic carbocycles. The van der Waals surface area contributed by atoms with Gasteiger partial charge in [-0.05, 0) is 25.0 Å². The van der Waals surface area contributed by atoms with Gasteiger partial charge in [0, 0.05) is 12.2 Å². The number of anilines is 1. The highest BCUT2D eigenvalue weighted by molar-refractivity contribution is 5.99. The number of nitrogens with zero attached hydrogens (tertiary/aromatic N) is 2. The van der Waals surface area contributed by atoms with Crippen molar-refractivity contribution in [2.45, 2.75) is 38.3 Å². The molecule has 3 rings (SSSR count). The number of carbonyl (C=O) groups excluding carboxylic acids is 3. The van der Waals surface area contributed by atoms with Crippen molar-refractivity contribution in [3.05, 3.63) is 48.0 Å². The van der Waals surface area contributed by atoms with E-state index in [4.69, 9.17) is 0 Å². The van der Waals surface area contributed by atoms with Crippen molar-refractivity contribution in [2.75, 3.05) is 11.9 Å². The summed E-state index contributed by atoms with van der Waals surface area (Å²) in [6.07, 6.45) is 7.23. The number of amides is 3. The molecule has 3 N–H and O–H groups in total. The summed E-state index contributed by atoms with van der Waals surface area (Å²) in [5.41, 5.74) is 0.273. The van der Waals surface area contributed by atoms with Gasteiger partial charge in [0.05, 0.1) is 24.0 Å². The third-order valence-corrected chi connectivity index (χ3v) is 4.47. The van der Waals surface area contributed by atoms with Crippen LogP contribution in [0.5, 0.6) is 0 Å². The van der Waals surface area contributed by atoms with Crippen LogP contribution in [0.2, 0.25) is 0 Å². The highest BCUT2D eigenvalue weighted by Gasteiger charge is 2.17. The lowest BCUT2D eigenvalue weighted by Crippen LogP contribution is -2.35. The lowest BCUT2D eigenvalue weighted by molar-refractivity contribution is -0.122. The average molecular weight is 387 g/mol. The molecule has 2 aromatic rings. The van der Waals surface area contributed by atoms with Crippen LogP contribution in [0.1, 0.15) is 36.0 Å². The van der Waals surface area contributed by atoms with Gasteiger partial charge in [0.15, 0.2) is 0 Å². The molecule has 28 heavy (non-hydrogen) atoms. The van der Waals surface area contributed by atoms with Crippen LogP contribution in [-0.4, -0.2) is 40.1 Å². The third kappa shape index (κ3) is 5.38. The summed E-state index contributed by atoms with van der Waals surface area (Å²) in [5, 5.41) is 11.9. The second kappa shape index (κ2) is 9.12. The van der Waals surface area contributed by atoms with Crippen LogP contribution >= 0.6 is 0 Å². The molecule has 1 saturated carbocycles. The monoisotopic (exact) mass is 387 g/mol.